The minimum atomic E-state index is -0.797. The molecule has 0 spiro atoms. The van der Waals surface area contributed by atoms with E-state index >= 15 is 0 Å². The third-order valence-electron chi connectivity index (χ3n) is 2.62. The molecular formula is C14H9BrF2O2. The minimum Gasteiger partial charge on any atom is -0.494 e. The molecule has 0 radical (unpaired) electrons. The van der Waals surface area contributed by atoms with E-state index in [-0.39, 0.29) is 21.3 Å². The first-order valence-electron chi connectivity index (χ1n) is 5.37. The number of hydrogen-bond donors (Lipinski definition) is 0. The van der Waals surface area contributed by atoms with Crippen molar-refractivity contribution in [3.63, 3.8) is 0 Å². The summed E-state index contributed by atoms with van der Waals surface area (Å²) in [5, 5.41) is 0. The SMILES string of the molecule is COc1cccc(C(=O)c2cccc(Br)c2F)c1F. The van der Waals surface area contributed by atoms with Crippen LogP contribution >= 0.6 is 15.9 Å². The average Bonchev–Trinajstić information content (AvgIpc) is 2.41. The summed E-state index contributed by atoms with van der Waals surface area (Å²) in [6, 6.07) is 8.45. The first-order valence-corrected chi connectivity index (χ1v) is 6.16. The van der Waals surface area contributed by atoms with Crippen LogP contribution in [0.5, 0.6) is 5.75 Å². The van der Waals surface area contributed by atoms with Crippen LogP contribution in [0.15, 0.2) is 40.9 Å². The van der Waals surface area contributed by atoms with Gasteiger partial charge in [-0.15, -0.1) is 0 Å². The molecule has 0 saturated carbocycles. The number of halogens is 3. The van der Waals surface area contributed by atoms with Gasteiger partial charge in [0, 0.05) is 0 Å². The number of carbonyl (C=O) groups is 1. The second-order valence-corrected chi connectivity index (χ2v) is 4.61. The van der Waals surface area contributed by atoms with Gasteiger partial charge < -0.3 is 4.74 Å². The molecule has 0 atom stereocenters. The summed E-state index contributed by atoms with van der Waals surface area (Å²) >= 11 is 2.99. The van der Waals surface area contributed by atoms with E-state index in [1.165, 1.54) is 43.5 Å². The lowest BCUT2D eigenvalue weighted by molar-refractivity contribution is 0.103. The molecule has 0 aliphatic heterocycles. The summed E-state index contributed by atoms with van der Waals surface area (Å²) in [5.74, 6) is -2.29. The Bertz CT molecular complexity index is 641. The maximum atomic E-state index is 14.0. The van der Waals surface area contributed by atoms with Crippen LogP contribution in [0.25, 0.3) is 0 Å². The molecule has 0 saturated heterocycles. The van der Waals surface area contributed by atoms with E-state index in [1.807, 2.05) is 0 Å². The lowest BCUT2D eigenvalue weighted by atomic mass is 10.0. The van der Waals surface area contributed by atoms with Crippen molar-refractivity contribution in [2.24, 2.45) is 0 Å². The maximum absolute atomic E-state index is 14.0. The summed E-state index contributed by atoms with van der Waals surface area (Å²) in [4.78, 5) is 12.2. The van der Waals surface area contributed by atoms with Crippen molar-refractivity contribution in [1.29, 1.82) is 0 Å². The number of ketones is 1. The highest BCUT2D eigenvalue weighted by Crippen LogP contribution is 2.25. The van der Waals surface area contributed by atoms with Gasteiger partial charge in [0.2, 0.25) is 0 Å². The highest BCUT2D eigenvalue weighted by Gasteiger charge is 2.20. The quantitative estimate of drug-likeness (QED) is 0.798. The second-order valence-electron chi connectivity index (χ2n) is 3.75. The van der Waals surface area contributed by atoms with Gasteiger partial charge in [-0.2, -0.15) is 0 Å². The number of hydrogen-bond acceptors (Lipinski definition) is 2. The highest BCUT2D eigenvalue weighted by atomic mass is 79.9. The number of benzene rings is 2. The van der Waals surface area contributed by atoms with Crippen LogP contribution in [0.3, 0.4) is 0 Å². The monoisotopic (exact) mass is 326 g/mol. The minimum absolute atomic E-state index is 0.0544. The molecule has 0 unspecified atom stereocenters. The van der Waals surface area contributed by atoms with E-state index in [4.69, 9.17) is 4.74 Å². The molecule has 0 aromatic heterocycles. The largest absolute Gasteiger partial charge is 0.494 e. The third kappa shape index (κ3) is 2.51. The van der Waals surface area contributed by atoms with E-state index in [0.717, 1.165) is 0 Å². The summed E-state index contributed by atoms with van der Waals surface area (Å²) in [5.41, 5.74) is -0.419. The van der Waals surface area contributed by atoms with Crippen molar-refractivity contribution in [3.05, 3.63) is 63.6 Å². The fourth-order valence-electron chi connectivity index (χ4n) is 1.67. The Morgan fingerprint density at radius 2 is 1.63 bits per heavy atom. The Morgan fingerprint density at radius 1 is 1.05 bits per heavy atom. The predicted molar refractivity (Wildman–Crippen MR) is 70.5 cm³/mol. The van der Waals surface area contributed by atoms with Gasteiger partial charge >= 0.3 is 0 Å². The van der Waals surface area contributed by atoms with Gasteiger partial charge in [-0.3, -0.25) is 4.79 Å². The Kier molecular flexibility index (Phi) is 3.95. The van der Waals surface area contributed by atoms with Crippen LogP contribution in [0, 0.1) is 11.6 Å². The average molecular weight is 327 g/mol. The van der Waals surface area contributed by atoms with Crippen molar-refractivity contribution in [2.75, 3.05) is 7.11 Å². The van der Waals surface area contributed by atoms with Gasteiger partial charge in [-0.1, -0.05) is 12.1 Å². The van der Waals surface area contributed by atoms with E-state index in [1.54, 1.807) is 0 Å². The molecule has 2 rings (SSSR count). The lowest BCUT2D eigenvalue weighted by Gasteiger charge is -2.07. The molecule has 0 aliphatic rings. The number of methoxy groups -OCH3 is 1. The molecule has 0 amide bonds. The zero-order chi connectivity index (χ0) is 14.0. The number of ether oxygens (including phenoxy) is 1. The fourth-order valence-corrected chi connectivity index (χ4v) is 2.03. The molecule has 2 nitrogen and oxygen atoms in total. The predicted octanol–water partition coefficient (Wildman–Crippen LogP) is 3.97. The third-order valence-corrected chi connectivity index (χ3v) is 3.24. The van der Waals surface area contributed by atoms with Gasteiger partial charge in [-0.05, 0) is 40.2 Å². The number of carbonyl (C=O) groups excluding carboxylic acids is 1. The summed E-state index contributed by atoms with van der Waals surface area (Å²) < 4.78 is 32.7. The molecule has 0 fully saturated rings. The Labute approximate surface area is 117 Å². The number of rotatable bonds is 3. The molecule has 0 bridgehead atoms. The van der Waals surface area contributed by atoms with Crippen LogP contribution in [0.2, 0.25) is 0 Å². The zero-order valence-corrected chi connectivity index (χ0v) is 11.5. The van der Waals surface area contributed by atoms with Gasteiger partial charge in [0.15, 0.2) is 17.3 Å². The molecule has 2 aromatic carbocycles. The van der Waals surface area contributed by atoms with Crippen molar-refractivity contribution in [1.82, 2.24) is 0 Å². The Hall–Kier alpha value is -1.75. The fraction of sp³-hybridized carbons (Fsp3) is 0.0714. The summed E-state index contributed by atoms with van der Waals surface area (Å²) in [6.07, 6.45) is 0. The van der Waals surface area contributed by atoms with E-state index in [9.17, 15) is 13.6 Å². The molecule has 0 N–H and O–H groups in total. The summed E-state index contributed by atoms with van der Waals surface area (Å²) in [7, 11) is 1.30. The normalized spacial score (nSPS) is 10.3. The van der Waals surface area contributed by atoms with Crippen LogP contribution in [0.1, 0.15) is 15.9 Å². The lowest BCUT2D eigenvalue weighted by Crippen LogP contribution is -2.08. The van der Waals surface area contributed by atoms with Crippen LogP contribution in [-0.2, 0) is 0 Å². The molecule has 2 aromatic rings. The van der Waals surface area contributed by atoms with Crippen LogP contribution in [0.4, 0.5) is 8.78 Å². The topological polar surface area (TPSA) is 26.3 Å². The summed E-state index contributed by atoms with van der Waals surface area (Å²) in [6.45, 7) is 0. The van der Waals surface area contributed by atoms with E-state index in [2.05, 4.69) is 15.9 Å². The van der Waals surface area contributed by atoms with Crippen molar-refractivity contribution >= 4 is 21.7 Å². The molecular weight excluding hydrogens is 318 g/mol. The molecule has 98 valence electrons. The standard InChI is InChI=1S/C14H9BrF2O2/c1-19-11-7-3-5-9(13(11)17)14(18)8-4-2-6-10(15)12(8)16/h2-7H,1H3. The highest BCUT2D eigenvalue weighted by molar-refractivity contribution is 9.10. The Balaban J connectivity index is 2.54. The van der Waals surface area contributed by atoms with Crippen LogP contribution < -0.4 is 4.74 Å². The van der Waals surface area contributed by atoms with Gasteiger partial charge in [-0.25, -0.2) is 8.78 Å². The molecule has 0 aliphatic carbocycles. The van der Waals surface area contributed by atoms with E-state index in [0.29, 0.717) is 0 Å². The first kappa shape index (κ1) is 13.7. The van der Waals surface area contributed by atoms with Crippen molar-refractivity contribution < 1.29 is 18.3 Å². The van der Waals surface area contributed by atoms with Gasteiger partial charge in [0.05, 0.1) is 22.7 Å². The molecule has 0 heterocycles. The van der Waals surface area contributed by atoms with Crippen molar-refractivity contribution in [2.45, 2.75) is 0 Å². The Morgan fingerprint density at radius 3 is 2.26 bits per heavy atom. The zero-order valence-electron chi connectivity index (χ0n) is 9.91. The maximum Gasteiger partial charge on any atom is 0.199 e. The molecule has 5 heteroatoms. The first-order chi connectivity index (χ1) is 9.06. The molecule has 19 heavy (non-hydrogen) atoms. The van der Waals surface area contributed by atoms with Gasteiger partial charge in [0.25, 0.3) is 0 Å². The van der Waals surface area contributed by atoms with Crippen LogP contribution in [-0.4, -0.2) is 12.9 Å². The van der Waals surface area contributed by atoms with Crippen molar-refractivity contribution in [3.8, 4) is 5.75 Å². The smallest absolute Gasteiger partial charge is 0.199 e. The van der Waals surface area contributed by atoms with E-state index < -0.39 is 17.4 Å². The second kappa shape index (κ2) is 5.48. The van der Waals surface area contributed by atoms with Gasteiger partial charge in [0.1, 0.15) is 5.82 Å².